The lowest BCUT2D eigenvalue weighted by Gasteiger charge is -2.50. The van der Waals surface area contributed by atoms with Gasteiger partial charge in [0.05, 0.1) is 0 Å². The number of rotatable bonds is 0. The van der Waals surface area contributed by atoms with E-state index in [2.05, 4.69) is 19.6 Å². The molecule has 0 N–H and O–H groups in total. The Morgan fingerprint density at radius 1 is 0.208 bits per heavy atom. The van der Waals surface area contributed by atoms with E-state index in [1.807, 2.05) is 0 Å². The lowest BCUT2D eigenvalue weighted by atomic mass is 9.61. The van der Waals surface area contributed by atoms with Crippen LogP contribution in [0, 0.1) is 71.0 Å². The van der Waals surface area contributed by atoms with Crippen LogP contribution in [0.2, 0.25) is 0 Å². The van der Waals surface area contributed by atoms with E-state index in [4.69, 9.17) is 0 Å². The first-order chi connectivity index (χ1) is 23.7. The summed E-state index contributed by atoms with van der Waals surface area (Å²) >= 11 is 0. The van der Waals surface area contributed by atoms with Crippen molar-refractivity contribution >= 4 is 0 Å². The first-order valence-corrected chi connectivity index (χ1v) is 22.6. The second-order valence-electron chi connectivity index (χ2n) is 20.0. The topological polar surface area (TPSA) is 13.0 Å². The second-order valence-corrected chi connectivity index (χ2v) is 20.0. The van der Waals surface area contributed by atoms with Gasteiger partial charge in [-0.2, -0.15) is 0 Å². The standard InChI is InChI=1S/C44H76N4/c1-5-37-29-45-21-13-33(14-22-45)35-17-25-47(26-18-35)31-39-7-3-12-44-40(8-4-11-43(39)44)32-48-27-19-36(20-28-48)34-15-23-46(24-16-34)30-38-6-2-10-42(37)41(38)9-1/h33-44H,1-32H2. The maximum absolute atomic E-state index is 2.98. The van der Waals surface area contributed by atoms with Gasteiger partial charge in [0.25, 0.3) is 0 Å². The van der Waals surface area contributed by atoms with Gasteiger partial charge in [0.2, 0.25) is 0 Å². The Kier molecular flexibility index (Phi) is 10.8. The minimum atomic E-state index is 1.01. The molecule has 8 atom stereocenters. The molecular formula is C44H76N4. The molecule has 4 nitrogen and oxygen atoms in total. The van der Waals surface area contributed by atoms with Crippen molar-refractivity contribution in [1.82, 2.24) is 19.6 Å². The summed E-state index contributed by atoms with van der Waals surface area (Å²) in [5.41, 5.74) is 0. The van der Waals surface area contributed by atoms with Crippen LogP contribution < -0.4 is 0 Å². The predicted octanol–water partition coefficient (Wildman–Crippen LogP) is 8.51. The molecule has 0 aromatic rings. The average Bonchev–Trinajstić information content (AvgIpc) is 3.13. The summed E-state index contributed by atoms with van der Waals surface area (Å²) in [4.78, 5) is 11.9. The first kappa shape index (κ1) is 33.7. The molecule has 15 aliphatic rings. The van der Waals surface area contributed by atoms with E-state index in [0.717, 1.165) is 71.0 Å². The Morgan fingerprint density at radius 2 is 0.417 bits per heavy atom. The van der Waals surface area contributed by atoms with Crippen LogP contribution in [0.1, 0.15) is 128 Å². The maximum Gasteiger partial charge on any atom is 0.00124 e. The summed E-state index contributed by atoms with van der Waals surface area (Å²) < 4.78 is 0. The SMILES string of the molecule is C1CC2CN3CCC(CC3)C3CCN(CC3)CC3CCCC4C(CCCC34)CN3CCC(CC3)C3CCN(CC3)CC3CCCC2C3C1. The molecule has 15 fully saturated rings. The van der Waals surface area contributed by atoms with E-state index in [-0.39, 0.29) is 0 Å². The van der Waals surface area contributed by atoms with Crippen LogP contribution in [0.15, 0.2) is 0 Å². The molecule has 11 aliphatic heterocycles. The van der Waals surface area contributed by atoms with Crippen LogP contribution in [0.3, 0.4) is 0 Å². The smallest absolute Gasteiger partial charge is 0.00124 e. The van der Waals surface area contributed by atoms with E-state index in [1.54, 1.807) is 51.4 Å². The highest BCUT2D eigenvalue weighted by Crippen LogP contribution is 2.50. The zero-order valence-electron chi connectivity index (χ0n) is 31.3. The third-order valence-corrected chi connectivity index (χ3v) is 17.8. The molecule has 4 aliphatic carbocycles. The summed E-state index contributed by atoms with van der Waals surface area (Å²) in [7, 11) is 0. The molecular weight excluding hydrogens is 585 g/mol. The van der Waals surface area contributed by atoms with Gasteiger partial charge in [-0.25, -0.2) is 0 Å². The van der Waals surface area contributed by atoms with Gasteiger partial charge in [-0.15, -0.1) is 0 Å². The second kappa shape index (κ2) is 15.4. The molecule has 0 aromatic heterocycles. The molecule has 4 heteroatoms. The Morgan fingerprint density at radius 3 is 0.625 bits per heavy atom. The molecule has 15 rings (SSSR count). The third kappa shape index (κ3) is 7.37. The van der Waals surface area contributed by atoms with Gasteiger partial charge in [0.1, 0.15) is 0 Å². The largest absolute Gasteiger partial charge is 0.303 e. The van der Waals surface area contributed by atoms with Gasteiger partial charge in [-0.3, -0.25) is 0 Å². The van der Waals surface area contributed by atoms with Crippen LogP contribution in [-0.4, -0.2) is 98.1 Å². The Bertz CT molecular complexity index is 839. The Balaban J connectivity index is 0.876. The zero-order valence-corrected chi connectivity index (χ0v) is 31.3. The van der Waals surface area contributed by atoms with Crippen LogP contribution in [0.25, 0.3) is 0 Å². The van der Waals surface area contributed by atoms with Crippen molar-refractivity contribution in [1.29, 1.82) is 0 Å². The molecule has 272 valence electrons. The van der Waals surface area contributed by atoms with Gasteiger partial charge >= 0.3 is 0 Å². The molecule has 16 bridgehead atoms. The van der Waals surface area contributed by atoms with E-state index >= 15 is 0 Å². The van der Waals surface area contributed by atoms with E-state index in [9.17, 15) is 0 Å². The maximum atomic E-state index is 2.98. The van der Waals surface area contributed by atoms with Crippen molar-refractivity contribution in [3.8, 4) is 0 Å². The lowest BCUT2D eigenvalue weighted by Crippen LogP contribution is -2.49. The molecule has 48 heavy (non-hydrogen) atoms. The Hall–Kier alpha value is -0.160. The van der Waals surface area contributed by atoms with Crippen LogP contribution in [-0.2, 0) is 0 Å². The summed E-state index contributed by atoms with van der Waals surface area (Å²) in [5, 5.41) is 0. The summed E-state index contributed by atoms with van der Waals surface area (Å²) in [6.45, 7) is 17.2. The van der Waals surface area contributed by atoms with E-state index in [0.29, 0.717) is 0 Å². The fourth-order valence-corrected chi connectivity index (χ4v) is 15.2. The third-order valence-electron chi connectivity index (χ3n) is 17.8. The van der Waals surface area contributed by atoms with Gasteiger partial charge in [0.15, 0.2) is 0 Å². The number of nitrogens with zero attached hydrogens (tertiary/aromatic N) is 4. The van der Waals surface area contributed by atoms with Crippen LogP contribution >= 0.6 is 0 Å². The molecule has 0 aromatic carbocycles. The van der Waals surface area contributed by atoms with Crippen molar-refractivity contribution in [2.75, 3.05) is 78.5 Å². The summed E-state index contributed by atoms with van der Waals surface area (Å²) in [6.07, 6.45) is 30.6. The molecule has 4 saturated carbocycles. The quantitative estimate of drug-likeness (QED) is 0.258. The van der Waals surface area contributed by atoms with Gasteiger partial charge in [-0.05, 0) is 226 Å². The highest BCUT2D eigenvalue weighted by atomic mass is 15.2. The summed E-state index contributed by atoms with van der Waals surface area (Å²) in [5.74, 6) is 12.3. The minimum Gasteiger partial charge on any atom is -0.303 e. The highest BCUT2D eigenvalue weighted by Gasteiger charge is 2.44. The van der Waals surface area contributed by atoms with Crippen molar-refractivity contribution in [3.63, 3.8) is 0 Å². The molecule has 11 saturated heterocycles. The first-order valence-electron chi connectivity index (χ1n) is 22.6. The Labute approximate surface area is 296 Å². The van der Waals surface area contributed by atoms with Crippen molar-refractivity contribution in [2.45, 2.75) is 128 Å². The van der Waals surface area contributed by atoms with Crippen LogP contribution in [0.4, 0.5) is 0 Å². The van der Waals surface area contributed by atoms with Crippen molar-refractivity contribution in [2.24, 2.45) is 71.0 Å². The fraction of sp³-hybridized carbons (Fsp3) is 1.00. The number of hydrogen-bond donors (Lipinski definition) is 0. The van der Waals surface area contributed by atoms with Gasteiger partial charge in [-0.1, -0.05) is 25.7 Å². The molecule has 8 unspecified atom stereocenters. The normalized spacial score (nSPS) is 52.0. The van der Waals surface area contributed by atoms with E-state index in [1.165, 1.54) is 156 Å². The van der Waals surface area contributed by atoms with Gasteiger partial charge in [0, 0.05) is 26.2 Å². The predicted molar refractivity (Wildman–Crippen MR) is 200 cm³/mol. The molecule has 0 radical (unpaired) electrons. The minimum absolute atomic E-state index is 1.01. The molecule has 0 spiro atoms. The zero-order chi connectivity index (χ0) is 31.9. The monoisotopic (exact) mass is 661 g/mol. The van der Waals surface area contributed by atoms with Crippen molar-refractivity contribution < 1.29 is 0 Å². The molecule has 0 amide bonds. The van der Waals surface area contributed by atoms with E-state index < -0.39 is 0 Å². The van der Waals surface area contributed by atoms with Crippen molar-refractivity contribution in [3.05, 3.63) is 0 Å². The fourth-order valence-electron chi connectivity index (χ4n) is 15.2. The van der Waals surface area contributed by atoms with Gasteiger partial charge < -0.3 is 19.6 Å². The summed E-state index contributed by atoms with van der Waals surface area (Å²) in [6, 6.07) is 0. The highest BCUT2D eigenvalue weighted by molar-refractivity contribution is 4.95. The average molecular weight is 661 g/mol. The number of hydrogen-bond acceptors (Lipinski definition) is 4. The number of piperidine rings is 4. The van der Waals surface area contributed by atoms with Crippen LogP contribution in [0.5, 0.6) is 0 Å². The lowest BCUT2D eigenvalue weighted by molar-refractivity contribution is -0.00372. The molecule has 11 heterocycles.